The number of halogens is 1. The van der Waals surface area contributed by atoms with E-state index in [1.54, 1.807) is 12.4 Å². The van der Waals surface area contributed by atoms with Crippen molar-refractivity contribution < 1.29 is 9.13 Å². The van der Waals surface area contributed by atoms with E-state index in [1.165, 1.54) is 12.1 Å². The van der Waals surface area contributed by atoms with Crippen LogP contribution in [0.15, 0.2) is 42.7 Å². The molecule has 2 atom stereocenters. The van der Waals surface area contributed by atoms with Crippen molar-refractivity contribution in [3.8, 4) is 0 Å². The molecule has 3 heterocycles. The summed E-state index contributed by atoms with van der Waals surface area (Å²) in [5.41, 5.74) is 1.05. The first-order valence-corrected chi connectivity index (χ1v) is 8.85. The molecule has 6 heteroatoms. The molecule has 1 aromatic carbocycles. The lowest BCUT2D eigenvalue weighted by Crippen LogP contribution is -2.47. The Balaban J connectivity index is 1.36. The maximum atomic E-state index is 13.1. The second-order valence-electron chi connectivity index (χ2n) is 7.05. The van der Waals surface area contributed by atoms with Gasteiger partial charge >= 0.3 is 0 Å². The topological polar surface area (TPSA) is 50.3 Å². The second kappa shape index (κ2) is 7.06. The molecule has 1 aromatic heterocycles. The Morgan fingerprint density at radius 3 is 2.84 bits per heavy atom. The minimum atomic E-state index is -0.185. The van der Waals surface area contributed by atoms with E-state index in [0.717, 1.165) is 44.5 Å². The van der Waals surface area contributed by atoms with Crippen molar-refractivity contribution >= 4 is 5.95 Å². The van der Waals surface area contributed by atoms with Crippen LogP contribution in [0.5, 0.6) is 0 Å². The first kappa shape index (κ1) is 16.4. The van der Waals surface area contributed by atoms with Gasteiger partial charge < -0.3 is 10.1 Å². The lowest BCUT2D eigenvalue weighted by Gasteiger charge is -2.39. The van der Waals surface area contributed by atoms with Gasteiger partial charge in [-0.25, -0.2) is 14.4 Å². The summed E-state index contributed by atoms with van der Waals surface area (Å²) in [6.45, 7) is 3.49. The summed E-state index contributed by atoms with van der Waals surface area (Å²) in [5.74, 6) is 0.474. The minimum Gasteiger partial charge on any atom is -0.371 e. The van der Waals surface area contributed by atoms with Crippen LogP contribution < -0.4 is 5.32 Å². The molecule has 0 bridgehead atoms. The molecule has 2 aliphatic heterocycles. The predicted molar refractivity (Wildman–Crippen MR) is 93.7 cm³/mol. The third-order valence-electron chi connectivity index (χ3n) is 5.05. The minimum absolute atomic E-state index is 0.0925. The first-order valence-electron chi connectivity index (χ1n) is 8.85. The SMILES string of the molecule is Fc1ccc(CN2CCC[C@@]3(C[C@H](Nc4ncccn4)CO3)C2)cc1. The lowest BCUT2D eigenvalue weighted by atomic mass is 9.88. The third kappa shape index (κ3) is 3.96. The first-order chi connectivity index (χ1) is 12.2. The summed E-state index contributed by atoms with van der Waals surface area (Å²) in [5, 5.41) is 3.38. The summed E-state index contributed by atoms with van der Waals surface area (Å²) in [7, 11) is 0. The smallest absolute Gasteiger partial charge is 0.222 e. The van der Waals surface area contributed by atoms with E-state index in [1.807, 2.05) is 18.2 Å². The fourth-order valence-electron chi connectivity index (χ4n) is 3.95. The van der Waals surface area contributed by atoms with Crippen LogP contribution in [-0.2, 0) is 11.3 Å². The molecule has 0 aliphatic carbocycles. The summed E-state index contributed by atoms with van der Waals surface area (Å²) >= 11 is 0. The van der Waals surface area contributed by atoms with Gasteiger partial charge in [0.25, 0.3) is 0 Å². The lowest BCUT2D eigenvalue weighted by molar-refractivity contribution is -0.0533. The van der Waals surface area contributed by atoms with E-state index < -0.39 is 0 Å². The van der Waals surface area contributed by atoms with Crippen molar-refractivity contribution in [3.05, 3.63) is 54.1 Å². The Morgan fingerprint density at radius 1 is 1.24 bits per heavy atom. The summed E-state index contributed by atoms with van der Waals surface area (Å²) in [6.07, 6.45) is 6.65. The van der Waals surface area contributed by atoms with Crippen LogP contribution in [0.4, 0.5) is 10.3 Å². The van der Waals surface area contributed by atoms with E-state index in [9.17, 15) is 4.39 Å². The van der Waals surface area contributed by atoms with Gasteiger partial charge in [-0.3, -0.25) is 4.90 Å². The molecule has 1 N–H and O–H groups in total. The zero-order valence-corrected chi connectivity index (χ0v) is 14.2. The fourth-order valence-corrected chi connectivity index (χ4v) is 3.95. The Bertz CT molecular complexity index is 696. The summed E-state index contributed by atoms with van der Waals surface area (Å²) in [6, 6.07) is 8.84. The van der Waals surface area contributed by atoms with Gasteiger partial charge in [0.15, 0.2) is 0 Å². The number of piperidine rings is 1. The fraction of sp³-hybridized carbons (Fsp3) is 0.474. The highest BCUT2D eigenvalue weighted by molar-refractivity contribution is 5.25. The molecule has 1 spiro atoms. The predicted octanol–water partition coefficient (Wildman–Crippen LogP) is 2.85. The molecule has 25 heavy (non-hydrogen) atoms. The number of nitrogens with zero attached hydrogens (tertiary/aromatic N) is 3. The quantitative estimate of drug-likeness (QED) is 0.926. The van der Waals surface area contributed by atoms with E-state index in [0.29, 0.717) is 12.6 Å². The van der Waals surface area contributed by atoms with Crippen LogP contribution in [0, 0.1) is 5.82 Å². The number of benzene rings is 1. The van der Waals surface area contributed by atoms with Crippen molar-refractivity contribution in [2.45, 2.75) is 37.5 Å². The molecular weight excluding hydrogens is 319 g/mol. The van der Waals surface area contributed by atoms with Crippen LogP contribution in [0.3, 0.4) is 0 Å². The monoisotopic (exact) mass is 342 g/mol. The second-order valence-corrected chi connectivity index (χ2v) is 7.05. The molecule has 2 aromatic rings. The molecule has 2 fully saturated rings. The van der Waals surface area contributed by atoms with Gasteiger partial charge in [-0.15, -0.1) is 0 Å². The van der Waals surface area contributed by atoms with Gasteiger partial charge in [0.05, 0.1) is 18.2 Å². The van der Waals surface area contributed by atoms with Gasteiger partial charge in [0.2, 0.25) is 5.95 Å². The normalized spacial score (nSPS) is 26.8. The number of ether oxygens (including phenoxy) is 1. The highest BCUT2D eigenvalue weighted by atomic mass is 19.1. The molecule has 2 saturated heterocycles. The largest absolute Gasteiger partial charge is 0.371 e. The third-order valence-corrected chi connectivity index (χ3v) is 5.05. The Morgan fingerprint density at radius 2 is 2.04 bits per heavy atom. The average Bonchev–Trinajstić information content (AvgIpc) is 3.00. The van der Waals surface area contributed by atoms with E-state index in [4.69, 9.17) is 4.74 Å². The Labute approximate surface area is 147 Å². The van der Waals surface area contributed by atoms with Crippen LogP contribution >= 0.6 is 0 Å². The number of anilines is 1. The van der Waals surface area contributed by atoms with E-state index in [2.05, 4.69) is 20.2 Å². The number of hydrogen-bond donors (Lipinski definition) is 1. The molecule has 4 rings (SSSR count). The van der Waals surface area contributed by atoms with Crippen LogP contribution in [0.25, 0.3) is 0 Å². The highest BCUT2D eigenvalue weighted by Gasteiger charge is 2.43. The number of nitrogens with one attached hydrogen (secondary N) is 1. The average molecular weight is 342 g/mol. The van der Waals surface area contributed by atoms with Gasteiger partial charge in [-0.2, -0.15) is 0 Å². The summed E-state index contributed by atoms with van der Waals surface area (Å²) in [4.78, 5) is 10.9. The van der Waals surface area contributed by atoms with Crippen LogP contribution in [0.1, 0.15) is 24.8 Å². The number of hydrogen-bond acceptors (Lipinski definition) is 5. The number of likely N-dealkylation sites (tertiary alicyclic amines) is 1. The molecule has 0 radical (unpaired) electrons. The van der Waals surface area contributed by atoms with Crippen molar-refractivity contribution in [2.75, 3.05) is 25.0 Å². The number of aromatic nitrogens is 2. The molecule has 2 aliphatic rings. The van der Waals surface area contributed by atoms with Crippen LogP contribution in [-0.4, -0.2) is 46.2 Å². The Hall–Kier alpha value is -2.05. The molecular formula is C19H23FN4O. The van der Waals surface area contributed by atoms with Gasteiger partial charge in [-0.1, -0.05) is 12.1 Å². The number of rotatable bonds is 4. The maximum absolute atomic E-state index is 13.1. The van der Waals surface area contributed by atoms with Gasteiger partial charge in [0.1, 0.15) is 5.82 Å². The standard InChI is InChI=1S/C19H23FN4O/c20-16-5-3-15(4-6-16)12-24-10-1-7-19(14-24)11-17(13-25-19)23-18-21-8-2-9-22-18/h2-6,8-9,17H,1,7,10-14H2,(H,21,22,23)/t17-,19+/m0/s1. The molecule has 5 nitrogen and oxygen atoms in total. The van der Waals surface area contributed by atoms with Crippen molar-refractivity contribution in [1.29, 1.82) is 0 Å². The molecule has 0 unspecified atom stereocenters. The highest BCUT2D eigenvalue weighted by Crippen LogP contribution is 2.36. The zero-order valence-electron chi connectivity index (χ0n) is 14.2. The van der Waals surface area contributed by atoms with E-state index >= 15 is 0 Å². The zero-order chi connectivity index (χ0) is 17.1. The molecule has 132 valence electrons. The van der Waals surface area contributed by atoms with Crippen LogP contribution in [0.2, 0.25) is 0 Å². The van der Waals surface area contributed by atoms with Gasteiger partial charge in [-0.05, 0) is 43.1 Å². The Kier molecular flexibility index (Phi) is 4.63. The van der Waals surface area contributed by atoms with Gasteiger partial charge in [0, 0.05) is 31.9 Å². The maximum Gasteiger partial charge on any atom is 0.222 e. The van der Waals surface area contributed by atoms with Crippen molar-refractivity contribution in [3.63, 3.8) is 0 Å². The summed E-state index contributed by atoms with van der Waals surface area (Å²) < 4.78 is 19.3. The van der Waals surface area contributed by atoms with Crippen molar-refractivity contribution in [2.24, 2.45) is 0 Å². The molecule has 0 amide bonds. The van der Waals surface area contributed by atoms with Crippen molar-refractivity contribution in [1.82, 2.24) is 14.9 Å². The molecule has 0 saturated carbocycles. The van der Waals surface area contributed by atoms with E-state index in [-0.39, 0.29) is 17.5 Å².